The van der Waals surface area contributed by atoms with Crippen molar-refractivity contribution in [3.05, 3.63) is 23.8 Å². The van der Waals surface area contributed by atoms with Crippen molar-refractivity contribution in [3.63, 3.8) is 0 Å². The summed E-state index contributed by atoms with van der Waals surface area (Å²) in [5.41, 5.74) is 1.04. The van der Waals surface area contributed by atoms with Crippen molar-refractivity contribution in [1.82, 2.24) is 10.2 Å². The maximum atomic E-state index is 9.43. The van der Waals surface area contributed by atoms with Crippen molar-refractivity contribution >= 4 is 0 Å². The Bertz CT molecular complexity index is 397. The Balaban J connectivity index is 2.36. The monoisotopic (exact) mass is 280 g/mol. The third kappa shape index (κ3) is 3.23. The van der Waals surface area contributed by atoms with Gasteiger partial charge in [-0.1, -0.05) is 6.07 Å². The predicted octanol–water partition coefficient (Wildman–Crippen LogP) is 1.03. The van der Waals surface area contributed by atoms with Gasteiger partial charge in [0.15, 0.2) is 0 Å². The summed E-state index contributed by atoms with van der Waals surface area (Å²) in [5.74, 6) is 1.64. The topological polar surface area (TPSA) is 54.0 Å². The van der Waals surface area contributed by atoms with Crippen LogP contribution in [0.25, 0.3) is 0 Å². The van der Waals surface area contributed by atoms with Gasteiger partial charge in [0.2, 0.25) is 0 Å². The van der Waals surface area contributed by atoms with Gasteiger partial charge in [-0.05, 0) is 18.6 Å². The van der Waals surface area contributed by atoms with Gasteiger partial charge in [0, 0.05) is 38.8 Å². The molecule has 0 bridgehead atoms. The quantitative estimate of drug-likeness (QED) is 0.815. The van der Waals surface area contributed by atoms with Crippen LogP contribution in [0.3, 0.4) is 0 Å². The van der Waals surface area contributed by atoms with Crippen LogP contribution in [0.2, 0.25) is 0 Å². The minimum absolute atomic E-state index is 0.119. The van der Waals surface area contributed by atoms with Crippen molar-refractivity contribution in [3.8, 4) is 11.5 Å². The van der Waals surface area contributed by atoms with E-state index < -0.39 is 0 Å². The molecule has 1 atom stereocenters. The first kappa shape index (κ1) is 15.1. The third-order valence-electron chi connectivity index (χ3n) is 3.79. The highest BCUT2D eigenvalue weighted by Gasteiger charge is 2.27. The molecule has 1 fully saturated rings. The van der Waals surface area contributed by atoms with Gasteiger partial charge in [0.05, 0.1) is 19.8 Å². The Labute approximate surface area is 120 Å². The molecule has 2 N–H and O–H groups in total. The molecule has 0 aliphatic carbocycles. The molecule has 0 unspecified atom stereocenters. The van der Waals surface area contributed by atoms with E-state index in [1.54, 1.807) is 14.2 Å². The zero-order valence-corrected chi connectivity index (χ0v) is 12.3. The summed E-state index contributed by atoms with van der Waals surface area (Å²) in [7, 11) is 3.35. The largest absolute Gasteiger partial charge is 0.496 e. The van der Waals surface area contributed by atoms with E-state index in [1.165, 1.54) is 0 Å². The Morgan fingerprint density at radius 2 is 1.80 bits per heavy atom. The molecule has 2 rings (SSSR count). The van der Waals surface area contributed by atoms with Gasteiger partial charge in [-0.15, -0.1) is 0 Å². The van der Waals surface area contributed by atoms with Crippen LogP contribution in [0.1, 0.15) is 18.0 Å². The first-order valence-corrected chi connectivity index (χ1v) is 7.08. The highest BCUT2D eigenvalue weighted by Crippen LogP contribution is 2.38. The van der Waals surface area contributed by atoms with E-state index in [2.05, 4.69) is 10.2 Å². The molecule has 5 nitrogen and oxygen atoms in total. The van der Waals surface area contributed by atoms with E-state index >= 15 is 0 Å². The highest BCUT2D eigenvalue weighted by molar-refractivity contribution is 5.47. The second kappa shape index (κ2) is 7.47. The minimum Gasteiger partial charge on any atom is -0.496 e. The maximum absolute atomic E-state index is 9.43. The van der Waals surface area contributed by atoms with E-state index in [0.717, 1.165) is 43.2 Å². The lowest BCUT2D eigenvalue weighted by atomic mass is 9.99. The van der Waals surface area contributed by atoms with Gasteiger partial charge >= 0.3 is 0 Å². The molecule has 20 heavy (non-hydrogen) atoms. The Kier molecular flexibility index (Phi) is 5.64. The van der Waals surface area contributed by atoms with Crippen LogP contribution < -0.4 is 14.8 Å². The number of aliphatic hydroxyl groups excluding tert-OH is 1. The summed E-state index contributed by atoms with van der Waals surface area (Å²) in [6.07, 6.45) is 0.677. The standard InChI is InChI=1S/C15H24N2O3/c1-19-13-4-3-5-14(20-2)15(13)12(6-11-18)17-9-7-16-8-10-17/h3-5,12,16,18H,6-11H2,1-2H3/t12-/m1/s1. The molecular weight excluding hydrogens is 256 g/mol. The molecule has 1 saturated heterocycles. The summed E-state index contributed by atoms with van der Waals surface area (Å²) in [6, 6.07) is 5.94. The molecule has 1 aliphatic heterocycles. The number of benzene rings is 1. The molecule has 0 aromatic heterocycles. The van der Waals surface area contributed by atoms with Crippen molar-refractivity contribution < 1.29 is 14.6 Å². The van der Waals surface area contributed by atoms with Gasteiger partial charge in [-0.2, -0.15) is 0 Å². The number of methoxy groups -OCH3 is 2. The predicted molar refractivity (Wildman–Crippen MR) is 78.4 cm³/mol. The molecular formula is C15H24N2O3. The summed E-state index contributed by atoms with van der Waals surface area (Å²) in [5, 5.41) is 12.8. The number of hydrogen-bond donors (Lipinski definition) is 2. The molecule has 1 aromatic carbocycles. The average molecular weight is 280 g/mol. The van der Waals surface area contributed by atoms with Crippen molar-refractivity contribution in [2.24, 2.45) is 0 Å². The number of nitrogens with zero attached hydrogens (tertiary/aromatic N) is 1. The molecule has 0 radical (unpaired) electrons. The smallest absolute Gasteiger partial charge is 0.127 e. The van der Waals surface area contributed by atoms with Gasteiger partial charge < -0.3 is 19.9 Å². The van der Waals surface area contributed by atoms with E-state index in [4.69, 9.17) is 9.47 Å². The first-order chi connectivity index (χ1) is 9.81. The van der Waals surface area contributed by atoms with Crippen LogP contribution in [0.4, 0.5) is 0 Å². The summed E-state index contributed by atoms with van der Waals surface area (Å²) in [6.45, 7) is 4.02. The molecule has 1 aromatic rings. The van der Waals surface area contributed by atoms with Crippen LogP contribution in [0.5, 0.6) is 11.5 Å². The fraction of sp³-hybridized carbons (Fsp3) is 0.600. The normalized spacial score (nSPS) is 17.8. The molecule has 0 amide bonds. The van der Waals surface area contributed by atoms with Gasteiger partial charge in [0.1, 0.15) is 11.5 Å². The van der Waals surface area contributed by atoms with E-state index in [-0.39, 0.29) is 12.6 Å². The van der Waals surface area contributed by atoms with Crippen molar-refractivity contribution in [2.75, 3.05) is 47.0 Å². The van der Waals surface area contributed by atoms with Crippen LogP contribution >= 0.6 is 0 Å². The van der Waals surface area contributed by atoms with E-state index in [1.807, 2.05) is 18.2 Å². The highest BCUT2D eigenvalue weighted by atomic mass is 16.5. The van der Waals surface area contributed by atoms with Gasteiger partial charge in [0.25, 0.3) is 0 Å². The lowest BCUT2D eigenvalue weighted by Gasteiger charge is -2.36. The molecule has 1 heterocycles. The second-order valence-corrected chi connectivity index (χ2v) is 4.89. The number of hydrogen-bond acceptors (Lipinski definition) is 5. The van der Waals surface area contributed by atoms with Crippen molar-refractivity contribution in [2.45, 2.75) is 12.5 Å². The number of nitrogens with one attached hydrogen (secondary N) is 1. The Morgan fingerprint density at radius 3 is 2.30 bits per heavy atom. The molecule has 112 valence electrons. The maximum Gasteiger partial charge on any atom is 0.127 e. The van der Waals surface area contributed by atoms with E-state index in [9.17, 15) is 5.11 Å². The van der Waals surface area contributed by atoms with Gasteiger partial charge in [-0.3, -0.25) is 4.90 Å². The number of ether oxygens (including phenoxy) is 2. The summed E-state index contributed by atoms with van der Waals surface area (Å²) < 4.78 is 11.0. The molecule has 0 saturated carbocycles. The fourth-order valence-corrected chi connectivity index (χ4v) is 2.83. The first-order valence-electron chi connectivity index (χ1n) is 7.08. The van der Waals surface area contributed by atoms with Crippen LogP contribution in [0.15, 0.2) is 18.2 Å². The summed E-state index contributed by atoms with van der Waals surface area (Å²) in [4.78, 5) is 2.38. The second-order valence-electron chi connectivity index (χ2n) is 4.89. The number of aliphatic hydroxyl groups is 1. The van der Waals surface area contributed by atoms with Crippen LogP contribution in [-0.2, 0) is 0 Å². The Hall–Kier alpha value is -1.30. The number of rotatable bonds is 6. The Morgan fingerprint density at radius 1 is 1.20 bits per heavy atom. The SMILES string of the molecule is COc1cccc(OC)c1[C@@H](CCO)N1CCNCC1. The van der Waals surface area contributed by atoms with Crippen LogP contribution in [0, 0.1) is 0 Å². The minimum atomic E-state index is 0.119. The summed E-state index contributed by atoms with van der Waals surface area (Å²) >= 11 is 0. The zero-order valence-electron chi connectivity index (χ0n) is 12.3. The van der Waals surface area contributed by atoms with Crippen molar-refractivity contribution in [1.29, 1.82) is 0 Å². The van der Waals surface area contributed by atoms with Crippen LogP contribution in [-0.4, -0.2) is 57.0 Å². The molecule has 5 heteroatoms. The van der Waals surface area contributed by atoms with Gasteiger partial charge in [-0.25, -0.2) is 0 Å². The lowest BCUT2D eigenvalue weighted by Crippen LogP contribution is -2.45. The third-order valence-corrected chi connectivity index (χ3v) is 3.79. The lowest BCUT2D eigenvalue weighted by molar-refractivity contribution is 0.136. The molecule has 0 spiro atoms. The molecule has 1 aliphatic rings. The van der Waals surface area contributed by atoms with E-state index in [0.29, 0.717) is 6.42 Å². The fourth-order valence-electron chi connectivity index (χ4n) is 2.83. The average Bonchev–Trinajstić information content (AvgIpc) is 2.52. The number of piperazine rings is 1. The zero-order chi connectivity index (χ0) is 14.4.